The van der Waals surface area contributed by atoms with Gasteiger partial charge < -0.3 is 15.8 Å². The van der Waals surface area contributed by atoms with Crippen LogP contribution in [0.25, 0.3) is 0 Å². The highest BCUT2D eigenvalue weighted by Crippen LogP contribution is 2.36. The zero-order valence-electron chi connectivity index (χ0n) is 14.8. The van der Waals surface area contributed by atoms with Crippen molar-refractivity contribution in [2.75, 3.05) is 22.6 Å². The summed E-state index contributed by atoms with van der Waals surface area (Å²) in [6, 6.07) is 11.3. The number of anilines is 3. The predicted octanol–water partition coefficient (Wildman–Crippen LogP) is 2.84. The smallest absolute Gasteiger partial charge is 0.340 e. The van der Waals surface area contributed by atoms with Crippen LogP contribution in [-0.2, 0) is 14.3 Å². The number of nitrogen functional groups attached to an aromatic ring is 1. The predicted molar refractivity (Wildman–Crippen MR) is 103 cm³/mol. The Kier molecular flexibility index (Phi) is 4.80. The first-order chi connectivity index (χ1) is 12.7. The number of nitrogens with one attached hydrogen (secondary N) is 1. The van der Waals surface area contributed by atoms with Gasteiger partial charge in [-0.2, -0.15) is 0 Å². The number of hydrogen-bond acceptors (Lipinski definition) is 5. The van der Waals surface area contributed by atoms with Gasteiger partial charge in [-0.15, -0.1) is 0 Å². The molecule has 0 aliphatic carbocycles. The molecular formula is C19H18ClN3O4. The van der Waals surface area contributed by atoms with E-state index in [1.54, 1.807) is 38.1 Å². The number of carbonyl (C=O) groups is 3. The van der Waals surface area contributed by atoms with E-state index in [-0.39, 0.29) is 17.2 Å². The Morgan fingerprint density at radius 1 is 1.22 bits per heavy atom. The molecule has 0 saturated carbocycles. The number of nitrogens with zero attached hydrogens (tertiary/aromatic N) is 1. The molecule has 2 aromatic carbocycles. The lowest BCUT2D eigenvalue weighted by atomic mass is 9.96. The molecule has 1 aliphatic rings. The molecule has 2 aromatic rings. The van der Waals surface area contributed by atoms with Crippen molar-refractivity contribution in [3.05, 3.63) is 53.1 Å². The van der Waals surface area contributed by atoms with Crippen molar-refractivity contribution in [3.63, 3.8) is 0 Å². The molecule has 0 spiro atoms. The summed E-state index contributed by atoms with van der Waals surface area (Å²) >= 11 is 5.81. The van der Waals surface area contributed by atoms with Crippen LogP contribution in [-0.4, -0.2) is 29.9 Å². The molecule has 0 fully saturated rings. The maximum absolute atomic E-state index is 12.8. The average Bonchev–Trinajstić information content (AvgIpc) is 2.60. The lowest BCUT2D eigenvalue weighted by molar-refractivity contribution is -0.128. The minimum Gasteiger partial charge on any atom is -0.452 e. The highest BCUT2D eigenvalue weighted by atomic mass is 35.5. The molecule has 0 unspecified atom stereocenters. The number of ether oxygens (including phenoxy) is 1. The summed E-state index contributed by atoms with van der Waals surface area (Å²) < 4.78 is 5.12. The lowest BCUT2D eigenvalue weighted by Crippen LogP contribution is -2.59. The van der Waals surface area contributed by atoms with Gasteiger partial charge >= 0.3 is 5.97 Å². The molecule has 2 amide bonds. The van der Waals surface area contributed by atoms with E-state index in [4.69, 9.17) is 22.1 Å². The number of benzene rings is 2. The van der Waals surface area contributed by atoms with Gasteiger partial charge in [-0.1, -0.05) is 23.7 Å². The fraction of sp³-hybridized carbons (Fsp3) is 0.211. The van der Waals surface area contributed by atoms with Crippen LogP contribution in [0, 0.1) is 0 Å². The molecule has 1 heterocycles. The topological polar surface area (TPSA) is 102 Å². The van der Waals surface area contributed by atoms with Crippen LogP contribution >= 0.6 is 11.6 Å². The first-order valence-corrected chi connectivity index (χ1v) is 8.55. The number of esters is 1. The molecule has 0 bridgehead atoms. The van der Waals surface area contributed by atoms with Gasteiger partial charge in [0.25, 0.3) is 5.91 Å². The van der Waals surface area contributed by atoms with E-state index < -0.39 is 24.0 Å². The molecule has 140 valence electrons. The first kappa shape index (κ1) is 18.7. The number of carbonyl (C=O) groups excluding carboxylic acids is 3. The van der Waals surface area contributed by atoms with E-state index in [0.29, 0.717) is 16.4 Å². The second-order valence-electron chi connectivity index (χ2n) is 6.57. The highest BCUT2D eigenvalue weighted by Gasteiger charge is 2.43. The Morgan fingerprint density at radius 3 is 2.63 bits per heavy atom. The van der Waals surface area contributed by atoms with Crippen molar-refractivity contribution in [1.29, 1.82) is 0 Å². The summed E-state index contributed by atoms with van der Waals surface area (Å²) in [5, 5.41) is 3.16. The van der Waals surface area contributed by atoms with Gasteiger partial charge in [-0.05, 0) is 44.2 Å². The first-order valence-electron chi connectivity index (χ1n) is 8.17. The van der Waals surface area contributed by atoms with E-state index in [9.17, 15) is 14.4 Å². The standard InChI is InChI=1S/C19H18ClN3O4/c1-19(2)18(26)22-14-5-3-4-6-15(14)23(19)16(24)10-27-17(25)12-8-7-11(20)9-13(12)21/h3-9H,10,21H2,1-2H3,(H,22,26). The van der Waals surface area contributed by atoms with Gasteiger partial charge in [0.1, 0.15) is 5.54 Å². The number of nitrogens with two attached hydrogens (primary N) is 1. The summed E-state index contributed by atoms with van der Waals surface area (Å²) in [6.45, 7) is 2.70. The van der Waals surface area contributed by atoms with Gasteiger partial charge in [0.15, 0.2) is 6.61 Å². The second kappa shape index (κ2) is 6.92. The number of rotatable bonds is 3. The van der Waals surface area contributed by atoms with Crippen LogP contribution in [0.1, 0.15) is 24.2 Å². The Balaban J connectivity index is 1.81. The van der Waals surface area contributed by atoms with Gasteiger partial charge in [0.05, 0.1) is 16.9 Å². The van der Waals surface area contributed by atoms with Gasteiger partial charge in [0, 0.05) is 10.7 Å². The van der Waals surface area contributed by atoms with Crippen LogP contribution < -0.4 is 16.0 Å². The van der Waals surface area contributed by atoms with Gasteiger partial charge in [0.2, 0.25) is 5.91 Å². The van der Waals surface area contributed by atoms with Crippen LogP contribution in [0.3, 0.4) is 0 Å². The Morgan fingerprint density at radius 2 is 1.93 bits per heavy atom. The molecule has 0 radical (unpaired) electrons. The maximum Gasteiger partial charge on any atom is 0.340 e. The highest BCUT2D eigenvalue weighted by molar-refractivity contribution is 6.31. The summed E-state index contributed by atoms with van der Waals surface area (Å²) in [5.41, 5.74) is 5.94. The molecule has 27 heavy (non-hydrogen) atoms. The normalized spacial score (nSPS) is 14.9. The van der Waals surface area contributed by atoms with E-state index in [2.05, 4.69) is 5.32 Å². The van der Waals surface area contributed by atoms with Gasteiger partial charge in [-0.25, -0.2) is 4.79 Å². The van der Waals surface area contributed by atoms with Crippen LogP contribution in [0.15, 0.2) is 42.5 Å². The number of para-hydroxylation sites is 2. The summed E-state index contributed by atoms with van der Waals surface area (Å²) in [6.07, 6.45) is 0. The van der Waals surface area contributed by atoms with Crippen molar-refractivity contribution < 1.29 is 19.1 Å². The third-order valence-corrected chi connectivity index (χ3v) is 4.55. The van der Waals surface area contributed by atoms with Crippen LogP contribution in [0.4, 0.5) is 17.1 Å². The van der Waals surface area contributed by atoms with E-state index in [1.165, 1.54) is 23.1 Å². The fourth-order valence-corrected chi connectivity index (χ4v) is 3.07. The second-order valence-corrected chi connectivity index (χ2v) is 7.00. The molecule has 0 saturated heterocycles. The van der Waals surface area contributed by atoms with Crippen molar-refractivity contribution in [1.82, 2.24) is 0 Å². The van der Waals surface area contributed by atoms with Crippen molar-refractivity contribution in [2.45, 2.75) is 19.4 Å². The lowest BCUT2D eigenvalue weighted by Gasteiger charge is -2.41. The third kappa shape index (κ3) is 3.46. The van der Waals surface area contributed by atoms with E-state index >= 15 is 0 Å². The van der Waals surface area contributed by atoms with Crippen molar-refractivity contribution >= 4 is 46.4 Å². The third-order valence-electron chi connectivity index (χ3n) is 4.32. The maximum atomic E-state index is 12.8. The fourth-order valence-electron chi connectivity index (χ4n) is 2.89. The van der Waals surface area contributed by atoms with Crippen molar-refractivity contribution in [2.24, 2.45) is 0 Å². The summed E-state index contributed by atoms with van der Waals surface area (Å²) in [7, 11) is 0. The Hall–Kier alpha value is -3.06. The molecule has 0 atom stereocenters. The molecule has 0 aromatic heterocycles. The minimum absolute atomic E-state index is 0.114. The summed E-state index contributed by atoms with van der Waals surface area (Å²) in [4.78, 5) is 38.8. The SMILES string of the molecule is CC1(C)C(=O)Nc2ccccc2N1C(=O)COC(=O)c1ccc(Cl)cc1N. The summed E-state index contributed by atoms with van der Waals surface area (Å²) in [5.74, 6) is -1.60. The quantitative estimate of drug-likeness (QED) is 0.622. The van der Waals surface area contributed by atoms with Crippen LogP contribution in [0.2, 0.25) is 5.02 Å². The molecule has 3 rings (SSSR count). The minimum atomic E-state index is -1.14. The zero-order chi connectivity index (χ0) is 19.8. The average molecular weight is 388 g/mol. The van der Waals surface area contributed by atoms with E-state index in [0.717, 1.165) is 0 Å². The number of fused-ring (bicyclic) bond motifs is 1. The number of halogens is 1. The van der Waals surface area contributed by atoms with Gasteiger partial charge in [-0.3, -0.25) is 14.5 Å². The Bertz CT molecular complexity index is 942. The molecule has 1 aliphatic heterocycles. The molecule has 7 nitrogen and oxygen atoms in total. The molecular weight excluding hydrogens is 370 g/mol. The zero-order valence-corrected chi connectivity index (χ0v) is 15.5. The molecule has 8 heteroatoms. The Labute approximate surface area is 161 Å². The van der Waals surface area contributed by atoms with Crippen molar-refractivity contribution in [3.8, 4) is 0 Å². The largest absolute Gasteiger partial charge is 0.452 e. The number of hydrogen-bond donors (Lipinski definition) is 2. The van der Waals surface area contributed by atoms with E-state index in [1.807, 2.05) is 0 Å². The monoisotopic (exact) mass is 387 g/mol. The molecule has 3 N–H and O–H groups in total. The number of amides is 2. The van der Waals surface area contributed by atoms with Crippen LogP contribution in [0.5, 0.6) is 0 Å².